The molecule has 3 heterocycles. The number of aromatic nitrogens is 4. The lowest BCUT2D eigenvalue weighted by atomic mass is 9.99. The Labute approximate surface area is 185 Å². The summed E-state index contributed by atoms with van der Waals surface area (Å²) in [6.07, 6.45) is 2.92. The van der Waals surface area contributed by atoms with E-state index in [-0.39, 0.29) is 11.8 Å². The van der Waals surface area contributed by atoms with Crippen LogP contribution in [0.25, 0.3) is 33.5 Å². The highest BCUT2D eigenvalue weighted by Crippen LogP contribution is 2.27. The molecule has 10 heteroatoms. The van der Waals surface area contributed by atoms with Crippen molar-refractivity contribution < 1.29 is 13.2 Å². The molecule has 32 heavy (non-hydrogen) atoms. The van der Waals surface area contributed by atoms with Gasteiger partial charge < -0.3 is 10.3 Å². The fourth-order valence-electron chi connectivity index (χ4n) is 4.23. The van der Waals surface area contributed by atoms with E-state index in [4.69, 9.17) is 0 Å². The third-order valence-electron chi connectivity index (χ3n) is 5.94. The molecule has 1 aliphatic heterocycles. The second kappa shape index (κ2) is 8.03. The molecule has 166 valence electrons. The Morgan fingerprint density at radius 3 is 2.88 bits per heavy atom. The van der Waals surface area contributed by atoms with E-state index in [1.807, 2.05) is 30.3 Å². The van der Waals surface area contributed by atoms with Gasteiger partial charge in [-0.15, -0.1) is 0 Å². The third kappa shape index (κ3) is 3.98. The van der Waals surface area contributed by atoms with Crippen molar-refractivity contribution in [3.05, 3.63) is 48.0 Å². The Hall–Kier alpha value is -3.24. The lowest BCUT2D eigenvalue weighted by Crippen LogP contribution is -2.43. The van der Waals surface area contributed by atoms with Crippen LogP contribution in [0.4, 0.5) is 0 Å². The maximum absolute atomic E-state index is 12.8. The summed E-state index contributed by atoms with van der Waals surface area (Å²) in [5.41, 5.74) is 3.76. The van der Waals surface area contributed by atoms with Crippen LogP contribution in [-0.2, 0) is 10.0 Å². The largest absolute Gasteiger partial charge is 0.352 e. The molecular formula is C22H24N6O3S. The smallest absolute Gasteiger partial charge is 0.251 e. The van der Waals surface area contributed by atoms with Gasteiger partial charge in [-0.1, -0.05) is 12.1 Å². The van der Waals surface area contributed by atoms with Crippen molar-refractivity contribution in [1.29, 1.82) is 0 Å². The van der Waals surface area contributed by atoms with Gasteiger partial charge in [0.15, 0.2) is 5.82 Å². The number of benzene rings is 2. The number of hydrogen-bond donors (Lipinski definition) is 3. The van der Waals surface area contributed by atoms with Crippen molar-refractivity contribution in [3.8, 4) is 11.5 Å². The van der Waals surface area contributed by atoms with Gasteiger partial charge in [-0.3, -0.25) is 9.89 Å². The molecule has 0 aliphatic carbocycles. The van der Waals surface area contributed by atoms with E-state index >= 15 is 0 Å². The highest BCUT2D eigenvalue weighted by molar-refractivity contribution is 7.88. The molecule has 1 atom stereocenters. The van der Waals surface area contributed by atoms with Crippen molar-refractivity contribution in [2.24, 2.45) is 5.92 Å². The summed E-state index contributed by atoms with van der Waals surface area (Å²) in [5.74, 6) is 0.546. The molecule has 9 nitrogen and oxygen atoms in total. The second-order valence-corrected chi connectivity index (χ2v) is 10.3. The van der Waals surface area contributed by atoms with Crippen LogP contribution in [0.5, 0.6) is 0 Å². The molecule has 1 fully saturated rings. The van der Waals surface area contributed by atoms with Gasteiger partial charge in [0.2, 0.25) is 10.0 Å². The molecule has 0 spiro atoms. The van der Waals surface area contributed by atoms with Gasteiger partial charge in [0.1, 0.15) is 5.69 Å². The highest BCUT2D eigenvalue weighted by atomic mass is 32.2. The van der Waals surface area contributed by atoms with Gasteiger partial charge >= 0.3 is 0 Å². The van der Waals surface area contributed by atoms with E-state index in [2.05, 4.69) is 25.5 Å². The van der Waals surface area contributed by atoms with Crippen LogP contribution in [0, 0.1) is 5.92 Å². The number of sulfonamides is 1. The summed E-state index contributed by atoms with van der Waals surface area (Å²) in [6.45, 7) is 1.42. The maximum atomic E-state index is 12.8. The normalized spacial score (nSPS) is 17.7. The molecule has 1 amide bonds. The van der Waals surface area contributed by atoms with Crippen LogP contribution in [0.3, 0.4) is 0 Å². The summed E-state index contributed by atoms with van der Waals surface area (Å²) in [7, 11) is -3.21. The molecule has 4 aromatic rings. The zero-order chi connectivity index (χ0) is 22.3. The van der Waals surface area contributed by atoms with E-state index in [9.17, 15) is 13.2 Å². The zero-order valence-electron chi connectivity index (χ0n) is 17.6. The zero-order valence-corrected chi connectivity index (χ0v) is 18.4. The van der Waals surface area contributed by atoms with E-state index in [0.29, 0.717) is 36.7 Å². The number of nitrogens with one attached hydrogen (secondary N) is 3. The minimum atomic E-state index is -3.21. The van der Waals surface area contributed by atoms with Crippen molar-refractivity contribution >= 4 is 37.9 Å². The van der Waals surface area contributed by atoms with Gasteiger partial charge in [0.05, 0.1) is 22.8 Å². The number of carbonyl (C=O) groups excluding carboxylic acids is 1. The Morgan fingerprint density at radius 2 is 2.06 bits per heavy atom. The van der Waals surface area contributed by atoms with E-state index in [1.54, 1.807) is 12.1 Å². The summed E-state index contributed by atoms with van der Waals surface area (Å²) in [4.78, 5) is 20.7. The Kier molecular flexibility index (Phi) is 5.18. The summed E-state index contributed by atoms with van der Waals surface area (Å²) < 4.78 is 25.1. The minimum Gasteiger partial charge on any atom is -0.352 e. The first-order chi connectivity index (χ1) is 15.4. The molecule has 2 aromatic heterocycles. The van der Waals surface area contributed by atoms with Crippen LogP contribution in [0.2, 0.25) is 0 Å². The number of aromatic amines is 2. The number of nitrogens with zero attached hydrogens (tertiary/aromatic N) is 3. The van der Waals surface area contributed by atoms with Gasteiger partial charge in [-0.2, -0.15) is 5.10 Å². The standard InChI is InChI=1S/C22H24N6O3S/c1-32(30,31)28-10-4-5-14(13-28)12-23-22(29)15-8-9-17-16(11-15)20(27-26-17)21-24-18-6-2-3-7-19(18)25-21/h2-3,6-9,11,14H,4-5,10,12-13H2,1H3,(H,23,29)(H,24,25)(H,26,27). The molecule has 1 aliphatic rings. The minimum absolute atomic E-state index is 0.103. The van der Waals surface area contributed by atoms with E-state index in [1.165, 1.54) is 10.6 Å². The van der Waals surface area contributed by atoms with Gasteiger partial charge in [-0.25, -0.2) is 17.7 Å². The fourth-order valence-corrected chi connectivity index (χ4v) is 5.18. The first kappa shape index (κ1) is 20.7. The summed E-state index contributed by atoms with van der Waals surface area (Å²) in [6, 6.07) is 13.1. The summed E-state index contributed by atoms with van der Waals surface area (Å²) >= 11 is 0. The highest BCUT2D eigenvalue weighted by Gasteiger charge is 2.26. The van der Waals surface area contributed by atoms with E-state index in [0.717, 1.165) is 34.8 Å². The number of fused-ring (bicyclic) bond motifs is 2. The van der Waals surface area contributed by atoms with Gasteiger partial charge in [0.25, 0.3) is 5.91 Å². The van der Waals surface area contributed by atoms with Crippen LogP contribution in [0.1, 0.15) is 23.2 Å². The first-order valence-corrected chi connectivity index (χ1v) is 12.4. The molecule has 5 rings (SSSR count). The number of amides is 1. The SMILES string of the molecule is CS(=O)(=O)N1CCCC(CNC(=O)c2ccc3[nH]nc(-c4nc5ccccc5[nH]4)c3c2)C1. The Bertz CT molecular complexity index is 1370. The quantitative estimate of drug-likeness (QED) is 0.429. The lowest BCUT2D eigenvalue weighted by Gasteiger charge is -2.30. The third-order valence-corrected chi connectivity index (χ3v) is 7.21. The predicted octanol–water partition coefficient (Wildman–Crippen LogP) is 2.51. The topological polar surface area (TPSA) is 124 Å². The molecule has 1 saturated heterocycles. The average Bonchev–Trinajstić information content (AvgIpc) is 3.40. The summed E-state index contributed by atoms with van der Waals surface area (Å²) in [5, 5.41) is 11.2. The number of piperidine rings is 1. The molecule has 2 aromatic carbocycles. The maximum Gasteiger partial charge on any atom is 0.251 e. The number of carbonyl (C=O) groups is 1. The van der Waals surface area contributed by atoms with Crippen molar-refractivity contribution in [1.82, 2.24) is 29.8 Å². The molecule has 1 unspecified atom stereocenters. The molecule has 0 radical (unpaired) electrons. The van der Waals surface area contributed by atoms with Crippen molar-refractivity contribution in [3.63, 3.8) is 0 Å². The average molecular weight is 453 g/mol. The van der Waals surface area contributed by atoms with Gasteiger partial charge in [0, 0.05) is 30.6 Å². The van der Waals surface area contributed by atoms with Gasteiger partial charge in [-0.05, 0) is 49.1 Å². The molecule has 0 bridgehead atoms. The number of imidazole rings is 1. The lowest BCUT2D eigenvalue weighted by molar-refractivity contribution is 0.0941. The van der Waals surface area contributed by atoms with Crippen molar-refractivity contribution in [2.75, 3.05) is 25.9 Å². The predicted molar refractivity (Wildman–Crippen MR) is 123 cm³/mol. The van der Waals surface area contributed by atoms with Crippen molar-refractivity contribution in [2.45, 2.75) is 12.8 Å². The number of para-hydroxylation sites is 2. The van der Waals surface area contributed by atoms with Crippen LogP contribution >= 0.6 is 0 Å². The Morgan fingerprint density at radius 1 is 1.22 bits per heavy atom. The van der Waals surface area contributed by atoms with Crippen LogP contribution in [0.15, 0.2) is 42.5 Å². The van der Waals surface area contributed by atoms with E-state index < -0.39 is 10.0 Å². The number of H-pyrrole nitrogens is 2. The Balaban J connectivity index is 1.34. The van der Waals surface area contributed by atoms with Crippen LogP contribution < -0.4 is 5.32 Å². The monoisotopic (exact) mass is 452 g/mol. The first-order valence-electron chi connectivity index (χ1n) is 10.5. The van der Waals surface area contributed by atoms with Crippen LogP contribution in [-0.4, -0.2) is 64.7 Å². The molecule has 3 N–H and O–H groups in total. The second-order valence-electron chi connectivity index (χ2n) is 8.27. The fraction of sp³-hybridized carbons (Fsp3) is 0.318. The number of hydrogen-bond acceptors (Lipinski definition) is 5. The number of rotatable bonds is 5. The molecular weight excluding hydrogens is 428 g/mol. The molecule has 0 saturated carbocycles.